The molecule has 2 aliphatic rings. The molecule has 9 heteroatoms. The smallest absolute Gasteiger partial charge is 0.218 e. The number of nitrogens with one attached hydrogen (secondary N) is 1. The summed E-state index contributed by atoms with van der Waals surface area (Å²) in [6, 6.07) is 10.7. The van der Waals surface area contributed by atoms with Crippen LogP contribution in [0.4, 0.5) is 10.2 Å². The number of anilines is 1. The van der Waals surface area contributed by atoms with Gasteiger partial charge in [-0.1, -0.05) is 6.07 Å². The second-order valence-corrected chi connectivity index (χ2v) is 9.39. The molecule has 0 aliphatic carbocycles. The van der Waals surface area contributed by atoms with Gasteiger partial charge >= 0.3 is 0 Å². The molecule has 3 N–H and O–H groups in total. The molecule has 0 unspecified atom stereocenters. The van der Waals surface area contributed by atoms with Crippen molar-refractivity contribution in [3.8, 4) is 17.1 Å². The van der Waals surface area contributed by atoms with Crippen LogP contribution >= 0.6 is 0 Å². The van der Waals surface area contributed by atoms with Gasteiger partial charge < -0.3 is 20.4 Å². The summed E-state index contributed by atoms with van der Waals surface area (Å²) in [6.45, 7) is 3.49. The third-order valence-corrected chi connectivity index (χ3v) is 7.54. The second kappa shape index (κ2) is 7.26. The zero-order valence-electron chi connectivity index (χ0n) is 19.2. The van der Waals surface area contributed by atoms with E-state index >= 15 is 0 Å². The van der Waals surface area contributed by atoms with Gasteiger partial charge in [-0.25, -0.2) is 18.9 Å². The number of ether oxygens (including phenoxy) is 1. The number of hydrogen-bond donors (Lipinski definition) is 2. The average Bonchev–Trinajstić information content (AvgIpc) is 3.60. The fourth-order valence-electron chi connectivity index (χ4n) is 5.71. The minimum atomic E-state index is -0.438. The lowest BCUT2D eigenvalue weighted by atomic mass is 9.83. The maximum atomic E-state index is 14.3. The summed E-state index contributed by atoms with van der Waals surface area (Å²) >= 11 is 0. The number of halogens is 1. The highest BCUT2D eigenvalue weighted by Gasteiger charge is 2.49. The van der Waals surface area contributed by atoms with E-state index in [-0.39, 0.29) is 11.9 Å². The number of aryl methyl sites for hydroxylation is 1. The first-order valence-corrected chi connectivity index (χ1v) is 11.8. The standard InChI is InChI=1S/C26H24FN7O/c1-15-22(17-4-5-19(27)16-6-11-29-21(16)17)34-20(7-12-31-34)24(32-15)33-13-8-26(9-14-33)23(28)18-3-2-10-30-25(18)35-26/h2-7,10-12,23,29H,8-9,13-14,28H2,1H3/t23-/m1/s1. The molecular weight excluding hydrogens is 445 g/mol. The topological polar surface area (TPSA) is 97.4 Å². The van der Waals surface area contributed by atoms with Crippen LogP contribution in [-0.4, -0.2) is 43.3 Å². The summed E-state index contributed by atoms with van der Waals surface area (Å²) in [5.74, 6) is 1.28. The first-order valence-electron chi connectivity index (χ1n) is 11.8. The van der Waals surface area contributed by atoms with Crippen LogP contribution in [0.3, 0.4) is 0 Å². The SMILES string of the molecule is Cc1nc(N2CCC3(CC2)Oc2ncccc2[C@H]3N)c2ccnn2c1-c1ccc(F)c2cc[nH]c12. The molecule has 0 saturated carbocycles. The van der Waals surface area contributed by atoms with E-state index < -0.39 is 5.60 Å². The van der Waals surface area contributed by atoms with Gasteiger partial charge in [0.25, 0.3) is 0 Å². The molecule has 5 aromatic rings. The summed E-state index contributed by atoms with van der Waals surface area (Å²) < 4.78 is 22.6. The van der Waals surface area contributed by atoms with Gasteiger partial charge in [-0.2, -0.15) is 5.10 Å². The summed E-state index contributed by atoms with van der Waals surface area (Å²) in [5.41, 5.74) is 11.3. The van der Waals surface area contributed by atoms with Crippen molar-refractivity contribution in [3.05, 3.63) is 72.1 Å². The van der Waals surface area contributed by atoms with E-state index in [0.717, 1.165) is 65.3 Å². The zero-order chi connectivity index (χ0) is 23.7. The molecule has 0 amide bonds. The van der Waals surface area contributed by atoms with Gasteiger partial charge in [0.15, 0.2) is 5.82 Å². The van der Waals surface area contributed by atoms with Crippen molar-refractivity contribution in [2.75, 3.05) is 18.0 Å². The Hall–Kier alpha value is -3.98. The molecule has 35 heavy (non-hydrogen) atoms. The van der Waals surface area contributed by atoms with Crippen LogP contribution in [-0.2, 0) is 0 Å². The number of aromatic amines is 1. The Morgan fingerprint density at radius 3 is 2.83 bits per heavy atom. The Morgan fingerprint density at radius 2 is 2.00 bits per heavy atom. The molecule has 1 atom stereocenters. The maximum absolute atomic E-state index is 14.3. The van der Waals surface area contributed by atoms with Crippen molar-refractivity contribution in [1.82, 2.24) is 24.6 Å². The molecular formula is C26H24FN7O. The molecule has 1 saturated heterocycles. The van der Waals surface area contributed by atoms with Crippen molar-refractivity contribution in [1.29, 1.82) is 0 Å². The first kappa shape index (κ1) is 20.4. The number of fused-ring (bicyclic) bond motifs is 3. The molecule has 2 aliphatic heterocycles. The highest BCUT2D eigenvalue weighted by Crippen LogP contribution is 2.46. The van der Waals surface area contributed by atoms with Crippen molar-refractivity contribution in [2.24, 2.45) is 5.73 Å². The molecule has 1 spiro atoms. The van der Waals surface area contributed by atoms with Crippen LogP contribution in [0.1, 0.15) is 30.1 Å². The van der Waals surface area contributed by atoms with Crippen molar-refractivity contribution < 1.29 is 9.13 Å². The van der Waals surface area contributed by atoms with E-state index in [2.05, 4.69) is 20.0 Å². The van der Waals surface area contributed by atoms with Gasteiger partial charge in [-0.15, -0.1) is 0 Å². The fraction of sp³-hybridized carbons (Fsp3) is 0.269. The zero-order valence-corrected chi connectivity index (χ0v) is 19.2. The maximum Gasteiger partial charge on any atom is 0.218 e. The molecule has 1 fully saturated rings. The van der Waals surface area contributed by atoms with Gasteiger partial charge in [0.2, 0.25) is 5.88 Å². The van der Waals surface area contributed by atoms with Crippen molar-refractivity contribution in [3.63, 3.8) is 0 Å². The largest absolute Gasteiger partial charge is 0.469 e. The lowest BCUT2D eigenvalue weighted by Gasteiger charge is -2.41. The third-order valence-electron chi connectivity index (χ3n) is 7.54. The van der Waals surface area contributed by atoms with Crippen LogP contribution in [0.2, 0.25) is 0 Å². The Morgan fingerprint density at radius 1 is 1.14 bits per heavy atom. The molecule has 0 bridgehead atoms. The van der Waals surface area contributed by atoms with E-state index in [9.17, 15) is 4.39 Å². The summed E-state index contributed by atoms with van der Waals surface area (Å²) in [7, 11) is 0. The number of pyridine rings is 1. The third kappa shape index (κ3) is 2.84. The number of benzene rings is 1. The normalized spacial score (nSPS) is 18.9. The Balaban J connectivity index is 1.25. The van der Waals surface area contributed by atoms with Crippen LogP contribution in [0, 0.1) is 12.7 Å². The molecule has 4 aromatic heterocycles. The van der Waals surface area contributed by atoms with Crippen molar-refractivity contribution >= 4 is 22.2 Å². The molecule has 1 aromatic carbocycles. The quantitative estimate of drug-likeness (QED) is 0.403. The number of H-pyrrole nitrogens is 1. The first-order chi connectivity index (χ1) is 17.1. The number of nitrogens with two attached hydrogens (primary N) is 1. The summed E-state index contributed by atoms with van der Waals surface area (Å²) in [5, 5.41) is 5.18. The Kier molecular flexibility index (Phi) is 4.23. The van der Waals surface area contributed by atoms with Crippen LogP contribution in [0.15, 0.2) is 55.0 Å². The predicted octanol–water partition coefficient (Wildman–Crippen LogP) is 4.15. The number of nitrogens with zero attached hydrogens (tertiary/aromatic N) is 5. The molecule has 7 rings (SSSR count). The number of rotatable bonds is 2. The van der Waals surface area contributed by atoms with Crippen LogP contribution < -0.4 is 15.4 Å². The number of piperidine rings is 1. The van der Waals surface area contributed by atoms with E-state index in [4.69, 9.17) is 15.5 Å². The Bertz CT molecular complexity index is 1600. The highest BCUT2D eigenvalue weighted by atomic mass is 19.1. The van der Waals surface area contributed by atoms with Crippen molar-refractivity contribution in [2.45, 2.75) is 31.4 Å². The molecule has 176 valence electrons. The minimum Gasteiger partial charge on any atom is -0.469 e. The predicted molar refractivity (Wildman–Crippen MR) is 131 cm³/mol. The fourth-order valence-corrected chi connectivity index (χ4v) is 5.71. The van der Waals surface area contributed by atoms with Gasteiger partial charge in [0.05, 0.1) is 29.1 Å². The van der Waals surface area contributed by atoms with Gasteiger partial charge in [-0.05, 0) is 37.3 Å². The molecule has 0 radical (unpaired) electrons. The van der Waals surface area contributed by atoms with Crippen LogP contribution in [0.25, 0.3) is 27.7 Å². The van der Waals surface area contributed by atoms with E-state index in [1.807, 2.05) is 29.6 Å². The highest BCUT2D eigenvalue weighted by molar-refractivity contribution is 5.95. The number of aromatic nitrogens is 5. The summed E-state index contributed by atoms with van der Waals surface area (Å²) in [6.07, 6.45) is 6.82. The Labute approximate surface area is 200 Å². The average molecular weight is 470 g/mol. The molecule has 6 heterocycles. The summed E-state index contributed by atoms with van der Waals surface area (Å²) in [4.78, 5) is 14.9. The van der Waals surface area contributed by atoms with Gasteiger partial charge in [0, 0.05) is 54.8 Å². The van der Waals surface area contributed by atoms with Gasteiger partial charge in [-0.3, -0.25) is 0 Å². The molecule has 8 nitrogen and oxygen atoms in total. The van der Waals surface area contributed by atoms with Gasteiger partial charge in [0.1, 0.15) is 16.9 Å². The van der Waals surface area contributed by atoms with E-state index in [1.165, 1.54) is 6.07 Å². The minimum absolute atomic E-state index is 0.193. The lowest BCUT2D eigenvalue weighted by Crippen LogP contribution is -2.51. The van der Waals surface area contributed by atoms with Crippen LogP contribution in [0.5, 0.6) is 5.88 Å². The number of hydrogen-bond acceptors (Lipinski definition) is 6. The monoisotopic (exact) mass is 469 g/mol. The second-order valence-electron chi connectivity index (χ2n) is 9.39. The van der Waals surface area contributed by atoms with E-state index in [1.54, 1.807) is 30.7 Å². The van der Waals surface area contributed by atoms with E-state index in [0.29, 0.717) is 11.3 Å². The lowest BCUT2D eigenvalue weighted by molar-refractivity contribution is 0.0398.